The molecule has 0 saturated carbocycles. The second kappa shape index (κ2) is 6.46. The van der Waals surface area contributed by atoms with Crippen LogP contribution in [0.5, 0.6) is 0 Å². The summed E-state index contributed by atoms with van der Waals surface area (Å²) < 4.78 is 2.12. The van der Waals surface area contributed by atoms with Gasteiger partial charge >= 0.3 is 0 Å². The highest BCUT2D eigenvalue weighted by atomic mass is 16.3. The molecule has 3 rings (SSSR count). The van der Waals surface area contributed by atoms with Crippen LogP contribution in [-0.2, 0) is 20.0 Å². The molecule has 1 unspecified atom stereocenters. The maximum atomic E-state index is 10.4. The Kier molecular flexibility index (Phi) is 4.62. The molecule has 1 aromatic heterocycles. The number of rotatable bonds is 4. The number of β-amino-alcohol motifs (C(OH)–C–C–N with tert-alkyl or cyclic N) is 1. The summed E-state index contributed by atoms with van der Waals surface area (Å²) in [6, 6.07) is 0. The number of hydrogen-bond acceptors (Lipinski definition) is 4. The molecule has 0 aromatic carbocycles. The van der Waals surface area contributed by atoms with E-state index in [4.69, 9.17) is 0 Å². The van der Waals surface area contributed by atoms with E-state index in [0.717, 1.165) is 51.6 Å². The molecule has 3 heterocycles. The lowest BCUT2D eigenvalue weighted by Crippen LogP contribution is -2.44. The van der Waals surface area contributed by atoms with Crippen LogP contribution in [-0.4, -0.2) is 63.3 Å². The van der Waals surface area contributed by atoms with Crippen molar-refractivity contribution in [3.05, 3.63) is 17.7 Å². The van der Waals surface area contributed by atoms with Crippen LogP contribution in [0.25, 0.3) is 0 Å². The van der Waals surface area contributed by atoms with E-state index >= 15 is 0 Å². The molecule has 0 bridgehead atoms. The van der Waals surface area contributed by atoms with Gasteiger partial charge in [-0.05, 0) is 31.8 Å². The van der Waals surface area contributed by atoms with E-state index in [2.05, 4.69) is 33.3 Å². The normalized spacial score (nSPS) is 23.2. The summed E-state index contributed by atoms with van der Waals surface area (Å²) in [6.45, 7) is 8.10. The van der Waals surface area contributed by atoms with Crippen molar-refractivity contribution in [1.29, 1.82) is 0 Å². The molecule has 118 valence electrons. The number of hydrogen-bond donors (Lipinski definition) is 1. The Bertz CT molecular complexity index is 465. The Balaban J connectivity index is 1.46. The number of imidazole rings is 1. The molecule has 1 atom stereocenters. The van der Waals surface area contributed by atoms with Gasteiger partial charge in [0, 0.05) is 45.3 Å². The van der Waals surface area contributed by atoms with Gasteiger partial charge in [0.05, 0.1) is 18.1 Å². The van der Waals surface area contributed by atoms with E-state index in [9.17, 15) is 5.11 Å². The molecule has 5 heteroatoms. The Hall–Kier alpha value is -0.910. The highest BCUT2D eigenvalue weighted by Gasteiger charge is 2.23. The summed E-state index contributed by atoms with van der Waals surface area (Å²) in [7, 11) is 2.06. The van der Waals surface area contributed by atoms with Crippen LogP contribution in [0.1, 0.15) is 31.2 Å². The minimum absolute atomic E-state index is 0.247. The lowest BCUT2D eigenvalue weighted by Gasteiger charge is -2.34. The standard InChI is InChI=1S/C16H28N4O/c1-13-3-6-19(7-4-13)9-14(21)10-20-8-5-16-15(11-20)17-12-18(16)2/h12-14,21H,3-11H2,1-2H3. The van der Waals surface area contributed by atoms with E-state index in [1.807, 2.05) is 6.33 Å². The molecule has 5 nitrogen and oxygen atoms in total. The average Bonchev–Trinajstić information content (AvgIpc) is 2.82. The van der Waals surface area contributed by atoms with Gasteiger partial charge in [-0.3, -0.25) is 4.90 Å². The number of fused-ring (bicyclic) bond motifs is 1. The molecule has 0 amide bonds. The largest absolute Gasteiger partial charge is 0.390 e. The number of nitrogens with zero attached hydrogens (tertiary/aromatic N) is 4. The van der Waals surface area contributed by atoms with Gasteiger partial charge in [-0.1, -0.05) is 6.92 Å². The molecule has 2 aliphatic rings. The Morgan fingerprint density at radius 3 is 2.71 bits per heavy atom. The zero-order valence-electron chi connectivity index (χ0n) is 13.3. The maximum Gasteiger partial charge on any atom is 0.0949 e. The number of aliphatic hydroxyl groups is 1. The second-order valence-electron chi connectivity index (χ2n) is 6.87. The fourth-order valence-corrected chi connectivity index (χ4v) is 3.57. The predicted octanol–water partition coefficient (Wildman–Crippen LogP) is 0.871. The summed E-state index contributed by atoms with van der Waals surface area (Å²) in [5, 5.41) is 10.4. The minimum Gasteiger partial charge on any atom is -0.390 e. The summed E-state index contributed by atoms with van der Waals surface area (Å²) in [5.74, 6) is 0.850. The van der Waals surface area contributed by atoms with Gasteiger partial charge in [-0.15, -0.1) is 0 Å². The number of aliphatic hydroxyl groups excluding tert-OH is 1. The quantitative estimate of drug-likeness (QED) is 0.894. The van der Waals surface area contributed by atoms with Crippen LogP contribution < -0.4 is 0 Å². The van der Waals surface area contributed by atoms with Crippen LogP contribution in [0.4, 0.5) is 0 Å². The van der Waals surface area contributed by atoms with Gasteiger partial charge in [-0.2, -0.15) is 0 Å². The van der Waals surface area contributed by atoms with E-state index < -0.39 is 0 Å². The third-order valence-corrected chi connectivity index (χ3v) is 5.00. The van der Waals surface area contributed by atoms with Crippen LogP contribution in [0.2, 0.25) is 0 Å². The molecule has 21 heavy (non-hydrogen) atoms. The maximum absolute atomic E-state index is 10.4. The molecule has 0 radical (unpaired) electrons. The Morgan fingerprint density at radius 1 is 1.24 bits per heavy atom. The van der Waals surface area contributed by atoms with Crippen molar-refractivity contribution in [3.63, 3.8) is 0 Å². The number of aryl methyl sites for hydroxylation is 1. The number of aromatic nitrogens is 2. The average molecular weight is 292 g/mol. The first kappa shape index (κ1) is 15.0. The molecular formula is C16H28N4O. The third-order valence-electron chi connectivity index (χ3n) is 5.00. The zero-order valence-corrected chi connectivity index (χ0v) is 13.3. The van der Waals surface area contributed by atoms with Crippen LogP contribution in [0, 0.1) is 5.92 Å². The fraction of sp³-hybridized carbons (Fsp3) is 0.812. The zero-order chi connectivity index (χ0) is 14.8. The highest BCUT2D eigenvalue weighted by molar-refractivity contribution is 5.16. The van der Waals surface area contributed by atoms with Gasteiger partial charge in [0.2, 0.25) is 0 Å². The lowest BCUT2D eigenvalue weighted by molar-refractivity contribution is 0.0570. The first-order valence-corrected chi connectivity index (χ1v) is 8.23. The Morgan fingerprint density at radius 2 is 1.95 bits per heavy atom. The molecular weight excluding hydrogens is 264 g/mol. The fourth-order valence-electron chi connectivity index (χ4n) is 3.57. The van der Waals surface area contributed by atoms with Crippen molar-refractivity contribution in [2.45, 2.75) is 38.8 Å². The van der Waals surface area contributed by atoms with E-state index in [-0.39, 0.29) is 6.10 Å². The summed E-state index contributed by atoms with van der Waals surface area (Å²) >= 11 is 0. The van der Waals surface area contributed by atoms with Crippen LogP contribution in [0.15, 0.2) is 6.33 Å². The van der Waals surface area contributed by atoms with E-state index in [0.29, 0.717) is 0 Å². The smallest absolute Gasteiger partial charge is 0.0949 e. The summed E-state index contributed by atoms with van der Waals surface area (Å²) in [6.07, 6.45) is 5.24. The molecule has 1 saturated heterocycles. The molecule has 0 aliphatic carbocycles. The molecule has 1 N–H and O–H groups in total. The topological polar surface area (TPSA) is 44.5 Å². The van der Waals surface area contributed by atoms with Crippen molar-refractivity contribution < 1.29 is 5.11 Å². The molecule has 0 spiro atoms. The Labute approximate surface area is 127 Å². The number of likely N-dealkylation sites (tertiary alicyclic amines) is 1. The van der Waals surface area contributed by atoms with E-state index in [1.54, 1.807) is 0 Å². The van der Waals surface area contributed by atoms with Gasteiger partial charge in [0.15, 0.2) is 0 Å². The van der Waals surface area contributed by atoms with Crippen molar-refractivity contribution in [2.24, 2.45) is 13.0 Å². The summed E-state index contributed by atoms with van der Waals surface area (Å²) in [5.41, 5.74) is 2.54. The first-order valence-electron chi connectivity index (χ1n) is 8.23. The highest BCUT2D eigenvalue weighted by Crippen LogP contribution is 2.18. The molecule has 2 aliphatic heterocycles. The van der Waals surface area contributed by atoms with Crippen molar-refractivity contribution in [2.75, 3.05) is 32.7 Å². The minimum atomic E-state index is -0.247. The van der Waals surface area contributed by atoms with Crippen molar-refractivity contribution >= 4 is 0 Å². The van der Waals surface area contributed by atoms with Crippen molar-refractivity contribution in [1.82, 2.24) is 19.4 Å². The van der Waals surface area contributed by atoms with Gasteiger partial charge in [0.25, 0.3) is 0 Å². The van der Waals surface area contributed by atoms with Crippen LogP contribution >= 0.6 is 0 Å². The SMILES string of the molecule is CC1CCN(CC(O)CN2CCc3c(ncn3C)C2)CC1. The molecule has 1 fully saturated rings. The van der Waals surface area contributed by atoms with Crippen molar-refractivity contribution in [3.8, 4) is 0 Å². The molecule has 1 aromatic rings. The monoisotopic (exact) mass is 292 g/mol. The lowest BCUT2D eigenvalue weighted by atomic mass is 9.99. The van der Waals surface area contributed by atoms with Gasteiger partial charge in [0.1, 0.15) is 0 Å². The summed E-state index contributed by atoms with van der Waals surface area (Å²) in [4.78, 5) is 9.22. The number of piperidine rings is 1. The van der Waals surface area contributed by atoms with Crippen LogP contribution in [0.3, 0.4) is 0 Å². The van der Waals surface area contributed by atoms with Gasteiger partial charge < -0.3 is 14.6 Å². The van der Waals surface area contributed by atoms with E-state index in [1.165, 1.54) is 24.2 Å². The van der Waals surface area contributed by atoms with Gasteiger partial charge in [-0.25, -0.2) is 4.98 Å². The first-order chi connectivity index (χ1) is 10.1. The second-order valence-corrected chi connectivity index (χ2v) is 6.87. The third kappa shape index (κ3) is 3.65. The predicted molar refractivity (Wildman–Crippen MR) is 83.0 cm³/mol.